The van der Waals surface area contributed by atoms with Crippen LogP contribution in [0.5, 0.6) is 0 Å². The summed E-state index contributed by atoms with van der Waals surface area (Å²) in [7, 11) is 1.25. The molecule has 0 aliphatic heterocycles. The fourth-order valence-electron chi connectivity index (χ4n) is 1.34. The van der Waals surface area contributed by atoms with Crippen molar-refractivity contribution >= 4 is 11.7 Å². The van der Waals surface area contributed by atoms with Crippen LogP contribution in [0.3, 0.4) is 0 Å². The van der Waals surface area contributed by atoms with Gasteiger partial charge in [-0.2, -0.15) is 0 Å². The minimum Gasteiger partial charge on any atom is -0.464 e. The Balaban J connectivity index is 3.01. The maximum atomic E-state index is 11.2. The molecule has 0 aromatic heterocycles. The summed E-state index contributed by atoms with van der Waals surface area (Å²) in [6, 6.07) is 7.27. The predicted octanol–water partition coefficient (Wildman–Crippen LogP) is 2.16. The first-order valence-corrected chi connectivity index (χ1v) is 5.00. The summed E-state index contributed by atoms with van der Waals surface area (Å²) in [5.74, 6) is -0.235. The molecule has 0 spiro atoms. The zero-order valence-corrected chi connectivity index (χ0v) is 9.60. The number of hydrogen-bond acceptors (Lipinski definition) is 4. The standard InChI is InChI=1S/C12H15NO3/c1-8(2)9-4-6-10(7-5-9)11(13-15)12(14)16-3/h4-8,15H,1-3H3/b13-11+. The Morgan fingerprint density at radius 2 is 1.88 bits per heavy atom. The number of carbonyl (C=O) groups is 1. The molecule has 86 valence electrons. The van der Waals surface area contributed by atoms with Crippen LogP contribution in [0, 0.1) is 0 Å². The van der Waals surface area contributed by atoms with Gasteiger partial charge in [0.25, 0.3) is 0 Å². The largest absolute Gasteiger partial charge is 0.464 e. The van der Waals surface area contributed by atoms with Gasteiger partial charge in [0.1, 0.15) is 0 Å². The average molecular weight is 221 g/mol. The molecule has 1 aromatic rings. The summed E-state index contributed by atoms with van der Waals surface area (Å²) in [6.07, 6.45) is 0. The first-order valence-electron chi connectivity index (χ1n) is 5.00. The zero-order valence-electron chi connectivity index (χ0n) is 9.60. The van der Waals surface area contributed by atoms with Gasteiger partial charge in [-0.1, -0.05) is 43.3 Å². The fourth-order valence-corrected chi connectivity index (χ4v) is 1.34. The third-order valence-electron chi connectivity index (χ3n) is 2.33. The second kappa shape index (κ2) is 5.30. The van der Waals surface area contributed by atoms with Crippen molar-refractivity contribution in [1.82, 2.24) is 0 Å². The van der Waals surface area contributed by atoms with Crippen molar-refractivity contribution in [3.63, 3.8) is 0 Å². The van der Waals surface area contributed by atoms with Crippen molar-refractivity contribution in [2.45, 2.75) is 19.8 Å². The molecule has 0 saturated carbocycles. The monoisotopic (exact) mass is 221 g/mol. The first-order chi connectivity index (χ1) is 7.60. The van der Waals surface area contributed by atoms with Crippen molar-refractivity contribution in [2.75, 3.05) is 7.11 Å². The number of esters is 1. The van der Waals surface area contributed by atoms with Crippen LogP contribution in [-0.4, -0.2) is 24.0 Å². The summed E-state index contributed by atoms with van der Waals surface area (Å²) in [5.41, 5.74) is 1.61. The van der Waals surface area contributed by atoms with Crippen molar-refractivity contribution in [3.05, 3.63) is 35.4 Å². The molecule has 1 aromatic carbocycles. The van der Waals surface area contributed by atoms with Gasteiger partial charge in [-0.25, -0.2) is 4.79 Å². The number of methoxy groups -OCH3 is 1. The molecule has 0 atom stereocenters. The summed E-state index contributed by atoms with van der Waals surface area (Å²) >= 11 is 0. The van der Waals surface area contributed by atoms with Crippen LogP contribution in [0.2, 0.25) is 0 Å². The topological polar surface area (TPSA) is 58.9 Å². The highest BCUT2D eigenvalue weighted by Crippen LogP contribution is 2.15. The van der Waals surface area contributed by atoms with Crippen molar-refractivity contribution in [3.8, 4) is 0 Å². The average Bonchev–Trinajstić information content (AvgIpc) is 2.30. The summed E-state index contributed by atoms with van der Waals surface area (Å²) < 4.78 is 4.51. The Morgan fingerprint density at radius 3 is 2.25 bits per heavy atom. The predicted molar refractivity (Wildman–Crippen MR) is 60.9 cm³/mol. The molecular formula is C12H15NO3. The van der Waals surface area contributed by atoms with Gasteiger partial charge in [0, 0.05) is 5.56 Å². The highest BCUT2D eigenvalue weighted by Gasteiger charge is 2.15. The molecule has 16 heavy (non-hydrogen) atoms. The maximum absolute atomic E-state index is 11.2. The van der Waals surface area contributed by atoms with Crippen LogP contribution in [0.25, 0.3) is 0 Å². The summed E-state index contributed by atoms with van der Waals surface area (Å²) in [4.78, 5) is 11.2. The molecule has 0 radical (unpaired) electrons. The molecule has 1 rings (SSSR count). The molecule has 4 heteroatoms. The minimum atomic E-state index is -0.653. The van der Waals surface area contributed by atoms with Gasteiger partial charge in [-0.3, -0.25) is 0 Å². The first kappa shape index (κ1) is 12.2. The van der Waals surface area contributed by atoms with Gasteiger partial charge in [-0.05, 0) is 11.5 Å². The third kappa shape index (κ3) is 2.59. The van der Waals surface area contributed by atoms with Crippen LogP contribution in [0.15, 0.2) is 29.4 Å². The van der Waals surface area contributed by atoms with E-state index in [0.717, 1.165) is 5.56 Å². The van der Waals surface area contributed by atoms with Gasteiger partial charge in [0.05, 0.1) is 7.11 Å². The second-order valence-corrected chi connectivity index (χ2v) is 3.72. The molecule has 0 fully saturated rings. The number of benzene rings is 1. The lowest BCUT2D eigenvalue weighted by atomic mass is 10.0. The van der Waals surface area contributed by atoms with E-state index < -0.39 is 5.97 Å². The van der Waals surface area contributed by atoms with E-state index in [2.05, 4.69) is 23.7 Å². The quantitative estimate of drug-likeness (QED) is 0.368. The number of hydrogen-bond donors (Lipinski definition) is 1. The van der Waals surface area contributed by atoms with E-state index in [1.807, 2.05) is 12.1 Å². The van der Waals surface area contributed by atoms with Gasteiger partial charge in [0.15, 0.2) is 5.71 Å². The normalized spacial score (nSPS) is 11.6. The summed E-state index contributed by atoms with van der Waals surface area (Å²) in [5, 5.41) is 11.7. The number of nitrogens with zero attached hydrogens (tertiary/aromatic N) is 1. The highest BCUT2D eigenvalue weighted by molar-refractivity contribution is 6.43. The third-order valence-corrected chi connectivity index (χ3v) is 2.33. The Bertz CT molecular complexity index is 393. The molecule has 0 aliphatic rings. The summed E-state index contributed by atoms with van der Waals surface area (Å²) in [6.45, 7) is 4.16. The van der Waals surface area contributed by atoms with E-state index in [1.165, 1.54) is 7.11 Å². The van der Waals surface area contributed by atoms with Gasteiger partial charge >= 0.3 is 5.97 Å². The van der Waals surface area contributed by atoms with Crippen LogP contribution in [0.1, 0.15) is 30.9 Å². The lowest BCUT2D eigenvalue weighted by Crippen LogP contribution is -2.17. The van der Waals surface area contributed by atoms with E-state index in [9.17, 15) is 4.79 Å². The van der Waals surface area contributed by atoms with Crippen LogP contribution < -0.4 is 0 Å². The van der Waals surface area contributed by atoms with E-state index in [0.29, 0.717) is 11.5 Å². The lowest BCUT2D eigenvalue weighted by molar-refractivity contribution is -0.132. The Labute approximate surface area is 94.5 Å². The van der Waals surface area contributed by atoms with Crippen LogP contribution >= 0.6 is 0 Å². The number of oxime groups is 1. The highest BCUT2D eigenvalue weighted by atomic mass is 16.5. The zero-order chi connectivity index (χ0) is 12.1. The molecule has 4 nitrogen and oxygen atoms in total. The molecule has 0 heterocycles. The molecule has 0 bridgehead atoms. The number of rotatable bonds is 3. The van der Waals surface area contributed by atoms with E-state index in [-0.39, 0.29) is 5.71 Å². The molecule has 0 unspecified atom stereocenters. The maximum Gasteiger partial charge on any atom is 0.360 e. The second-order valence-electron chi connectivity index (χ2n) is 3.72. The van der Waals surface area contributed by atoms with Crippen molar-refractivity contribution < 1.29 is 14.7 Å². The van der Waals surface area contributed by atoms with Crippen molar-refractivity contribution in [2.24, 2.45) is 5.16 Å². The lowest BCUT2D eigenvalue weighted by Gasteiger charge is -2.06. The Hall–Kier alpha value is -1.84. The Morgan fingerprint density at radius 1 is 1.31 bits per heavy atom. The molecule has 0 aliphatic carbocycles. The fraction of sp³-hybridized carbons (Fsp3) is 0.333. The van der Waals surface area contributed by atoms with Gasteiger partial charge in [-0.15, -0.1) is 0 Å². The van der Waals surface area contributed by atoms with Gasteiger partial charge in [0.2, 0.25) is 0 Å². The Kier molecular flexibility index (Phi) is 4.05. The van der Waals surface area contributed by atoms with E-state index >= 15 is 0 Å². The molecule has 0 amide bonds. The number of ether oxygens (including phenoxy) is 1. The molecule has 0 saturated heterocycles. The van der Waals surface area contributed by atoms with Crippen molar-refractivity contribution in [1.29, 1.82) is 0 Å². The van der Waals surface area contributed by atoms with Crippen LogP contribution in [0.4, 0.5) is 0 Å². The number of carbonyl (C=O) groups excluding carboxylic acids is 1. The van der Waals surface area contributed by atoms with Crippen LogP contribution in [-0.2, 0) is 9.53 Å². The van der Waals surface area contributed by atoms with E-state index in [1.54, 1.807) is 12.1 Å². The smallest absolute Gasteiger partial charge is 0.360 e. The molecule has 1 N–H and O–H groups in total. The molecular weight excluding hydrogens is 206 g/mol. The van der Waals surface area contributed by atoms with E-state index in [4.69, 9.17) is 5.21 Å². The SMILES string of the molecule is COC(=O)/C(=N/O)c1ccc(C(C)C)cc1. The minimum absolute atomic E-state index is 0.0854. The van der Waals surface area contributed by atoms with Gasteiger partial charge < -0.3 is 9.94 Å².